The molecule has 0 bridgehead atoms. The molecule has 3 heterocycles. The third-order valence-corrected chi connectivity index (χ3v) is 5.63. The third-order valence-electron chi connectivity index (χ3n) is 5.63. The van der Waals surface area contributed by atoms with E-state index in [-0.39, 0.29) is 35.8 Å². The Hall–Kier alpha value is -3.47. The summed E-state index contributed by atoms with van der Waals surface area (Å²) >= 11 is 0. The SMILES string of the molecule is O=COC(CC1CCNCC1)c1ncnc(NCC2COc3ccccc3O2)c1[N+](=O)[O-]. The molecule has 1 saturated heterocycles. The first kappa shape index (κ1) is 21.8. The molecule has 2 atom stereocenters. The van der Waals surface area contributed by atoms with Gasteiger partial charge in [0.1, 0.15) is 19.0 Å². The number of nitrogens with one attached hydrogen (secondary N) is 2. The van der Waals surface area contributed by atoms with Gasteiger partial charge in [-0.2, -0.15) is 0 Å². The quantitative estimate of drug-likeness (QED) is 0.337. The molecular formula is C21H25N5O6. The minimum absolute atomic E-state index is 0.0484. The molecule has 1 aromatic carbocycles. The first-order chi connectivity index (χ1) is 15.7. The van der Waals surface area contributed by atoms with Crippen LogP contribution < -0.4 is 20.1 Å². The van der Waals surface area contributed by atoms with Crippen molar-refractivity contribution in [2.24, 2.45) is 5.92 Å². The highest BCUT2D eigenvalue weighted by Crippen LogP contribution is 2.36. The van der Waals surface area contributed by atoms with Gasteiger partial charge in [-0.05, 0) is 50.4 Å². The maximum absolute atomic E-state index is 11.9. The summed E-state index contributed by atoms with van der Waals surface area (Å²) in [6, 6.07) is 7.31. The van der Waals surface area contributed by atoms with Crippen LogP contribution in [-0.2, 0) is 9.53 Å². The van der Waals surface area contributed by atoms with Gasteiger partial charge in [0.05, 0.1) is 11.5 Å². The lowest BCUT2D eigenvalue weighted by molar-refractivity contribution is -0.385. The maximum Gasteiger partial charge on any atom is 0.336 e. The number of ether oxygens (including phenoxy) is 3. The van der Waals surface area contributed by atoms with Crippen LogP contribution in [0.4, 0.5) is 11.5 Å². The Morgan fingerprint density at radius 1 is 1.28 bits per heavy atom. The second-order valence-corrected chi connectivity index (χ2v) is 7.74. The summed E-state index contributed by atoms with van der Waals surface area (Å²) in [5, 5.41) is 18.2. The minimum atomic E-state index is -0.819. The van der Waals surface area contributed by atoms with Gasteiger partial charge in [0.25, 0.3) is 6.47 Å². The van der Waals surface area contributed by atoms with Crippen LogP contribution in [-0.4, -0.2) is 53.7 Å². The van der Waals surface area contributed by atoms with Crippen LogP contribution in [0, 0.1) is 16.0 Å². The maximum atomic E-state index is 11.9. The van der Waals surface area contributed by atoms with E-state index in [9.17, 15) is 14.9 Å². The number of hydrogen-bond acceptors (Lipinski definition) is 10. The lowest BCUT2D eigenvalue weighted by atomic mass is 9.90. The van der Waals surface area contributed by atoms with Crippen LogP contribution in [0.25, 0.3) is 0 Å². The molecule has 1 fully saturated rings. The van der Waals surface area contributed by atoms with Crippen LogP contribution in [0.2, 0.25) is 0 Å². The molecule has 2 aliphatic rings. The van der Waals surface area contributed by atoms with E-state index in [0.717, 1.165) is 25.9 Å². The molecule has 1 aromatic heterocycles. The number of benzene rings is 1. The first-order valence-electron chi connectivity index (χ1n) is 10.6. The van der Waals surface area contributed by atoms with Gasteiger partial charge in [-0.3, -0.25) is 14.9 Å². The van der Waals surface area contributed by atoms with Crippen molar-refractivity contribution in [1.29, 1.82) is 0 Å². The number of aromatic nitrogens is 2. The van der Waals surface area contributed by atoms with E-state index in [1.54, 1.807) is 6.07 Å². The largest absolute Gasteiger partial charge is 0.486 e. The minimum Gasteiger partial charge on any atom is -0.486 e. The van der Waals surface area contributed by atoms with Crippen molar-refractivity contribution in [3.8, 4) is 11.5 Å². The molecule has 0 aliphatic carbocycles. The van der Waals surface area contributed by atoms with Crippen molar-refractivity contribution in [3.05, 3.63) is 46.4 Å². The van der Waals surface area contributed by atoms with E-state index in [1.807, 2.05) is 18.2 Å². The zero-order chi connectivity index (χ0) is 22.3. The van der Waals surface area contributed by atoms with Crippen LogP contribution >= 0.6 is 0 Å². The first-order valence-corrected chi connectivity index (χ1v) is 10.6. The smallest absolute Gasteiger partial charge is 0.336 e. The fourth-order valence-corrected chi connectivity index (χ4v) is 4.03. The molecule has 0 radical (unpaired) electrons. The number of hydrogen-bond donors (Lipinski definition) is 2. The second kappa shape index (κ2) is 10.2. The van der Waals surface area contributed by atoms with Crippen LogP contribution in [0.15, 0.2) is 30.6 Å². The van der Waals surface area contributed by atoms with Crippen molar-refractivity contribution >= 4 is 18.0 Å². The predicted octanol–water partition coefficient (Wildman–Crippen LogP) is 2.24. The Kier molecular flexibility index (Phi) is 6.95. The fraction of sp³-hybridized carbons (Fsp3) is 0.476. The molecule has 2 N–H and O–H groups in total. The molecule has 4 rings (SSSR count). The molecule has 11 heteroatoms. The Labute approximate surface area is 184 Å². The van der Waals surface area contributed by atoms with E-state index < -0.39 is 11.0 Å². The molecule has 0 spiro atoms. The molecule has 32 heavy (non-hydrogen) atoms. The fourth-order valence-electron chi connectivity index (χ4n) is 4.03. The van der Waals surface area contributed by atoms with Crippen molar-refractivity contribution in [2.75, 3.05) is 31.6 Å². The number of fused-ring (bicyclic) bond motifs is 1. The molecule has 0 saturated carbocycles. The van der Waals surface area contributed by atoms with Crippen molar-refractivity contribution < 1.29 is 23.9 Å². The lowest BCUT2D eigenvalue weighted by Gasteiger charge is -2.27. The Balaban J connectivity index is 1.50. The van der Waals surface area contributed by atoms with E-state index >= 15 is 0 Å². The van der Waals surface area contributed by atoms with E-state index in [1.165, 1.54) is 6.33 Å². The van der Waals surface area contributed by atoms with E-state index in [0.29, 0.717) is 31.0 Å². The monoisotopic (exact) mass is 443 g/mol. The number of rotatable bonds is 9. The number of nitro groups is 1. The topological polar surface area (TPSA) is 138 Å². The summed E-state index contributed by atoms with van der Waals surface area (Å²) in [6.45, 7) is 2.57. The predicted molar refractivity (Wildman–Crippen MR) is 114 cm³/mol. The Morgan fingerprint density at radius 3 is 2.81 bits per heavy atom. The average molecular weight is 443 g/mol. The Morgan fingerprint density at radius 2 is 2.06 bits per heavy atom. The highest BCUT2D eigenvalue weighted by Gasteiger charge is 2.32. The van der Waals surface area contributed by atoms with Crippen LogP contribution in [0.3, 0.4) is 0 Å². The molecule has 2 aliphatic heterocycles. The van der Waals surface area contributed by atoms with Crippen LogP contribution in [0.5, 0.6) is 11.5 Å². The molecule has 2 aromatic rings. The van der Waals surface area contributed by atoms with E-state index in [4.69, 9.17) is 14.2 Å². The number of piperidine rings is 1. The van der Waals surface area contributed by atoms with Gasteiger partial charge in [-0.15, -0.1) is 0 Å². The zero-order valence-corrected chi connectivity index (χ0v) is 17.4. The third kappa shape index (κ3) is 5.05. The Bertz CT molecular complexity index is 952. The molecule has 0 amide bonds. The number of anilines is 1. The standard InChI is InChI=1S/C21H25N5O6/c27-13-31-18(9-14-5-7-22-8-6-14)19-20(26(28)29)21(25-12-24-19)23-10-15-11-30-16-3-1-2-4-17(16)32-15/h1-4,12-15,18,22H,5-11H2,(H,23,24,25). The number of carbonyl (C=O) groups is 1. The molecular weight excluding hydrogens is 418 g/mol. The van der Waals surface area contributed by atoms with Gasteiger partial charge in [-0.1, -0.05) is 12.1 Å². The van der Waals surface area contributed by atoms with Gasteiger partial charge in [0, 0.05) is 0 Å². The van der Waals surface area contributed by atoms with Crippen LogP contribution in [0.1, 0.15) is 31.1 Å². The summed E-state index contributed by atoms with van der Waals surface area (Å²) in [4.78, 5) is 30.7. The highest BCUT2D eigenvalue weighted by atomic mass is 16.6. The number of carbonyl (C=O) groups excluding carboxylic acids is 1. The molecule has 2 unspecified atom stereocenters. The van der Waals surface area contributed by atoms with Gasteiger partial charge in [0.2, 0.25) is 5.82 Å². The van der Waals surface area contributed by atoms with Gasteiger partial charge in [0.15, 0.2) is 23.3 Å². The molecule has 170 valence electrons. The summed E-state index contributed by atoms with van der Waals surface area (Å²) < 4.78 is 16.8. The molecule has 11 nitrogen and oxygen atoms in total. The van der Waals surface area contributed by atoms with Gasteiger partial charge in [-0.25, -0.2) is 9.97 Å². The van der Waals surface area contributed by atoms with Crippen molar-refractivity contribution in [3.63, 3.8) is 0 Å². The van der Waals surface area contributed by atoms with Gasteiger partial charge < -0.3 is 24.8 Å². The highest BCUT2D eigenvalue weighted by molar-refractivity contribution is 5.59. The average Bonchev–Trinajstić information content (AvgIpc) is 2.82. The second-order valence-electron chi connectivity index (χ2n) is 7.74. The lowest BCUT2D eigenvalue weighted by Crippen LogP contribution is -2.35. The van der Waals surface area contributed by atoms with E-state index in [2.05, 4.69) is 20.6 Å². The van der Waals surface area contributed by atoms with Crippen molar-refractivity contribution in [1.82, 2.24) is 15.3 Å². The summed E-state index contributed by atoms with van der Waals surface area (Å²) in [5.74, 6) is 1.60. The summed E-state index contributed by atoms with van der Waals surface area (Å²) in [7, 11) is 0. The van der Waals surface area contributed by atoms with Gasteiger partial charge >= 0.3 is 5.69 Å². The van der Waals surface area contributed by atoms with Crippen molar-refractivity contribution in [2.45, 2.75) is 31.5 Å². The normalized spacial score (nSPS) is 19.1. The number of para-hydroxylation sites is 2. The number of nitrogens with zero attached hydrogens (tertiary/aromatic N) is 3. The summed E-state index contributed by atoms with van der Waals surface area (Å²) in [6.07, 6.45) is 2.34. The summed E-state index contributed by atoms with van der Waals surface area (Å²) in [5.41, 5.74) is -0.213. The zero-order valence-electron chi connectivity index (χ0n) is 17.4.